The Kier molecular flexibility index (Phi) is 11.0. The molecule has 0 radical (unpaired) electrons. The average molecular weight is 674 g/mol. The summed E-state index contributed by atoms with van der Waals surface area (Å²) >= 11 is 6.03. The largest absolute Gasteiger partial charge is 0.387 e. The van der Waals surface area contributed by atoms with Gasteiger partial charge in [0.2, 0.25) is 17.6 Å². The molecule has 9 nitrogen and oxygen atoms in total. The molecule has 1 N–H and O–H groups in total. The van der Waals surface area contributed by atoms with Crippen molar-refractivity contribution < 1.29 is 33.2 Å². The Labute approximate surface area is 282 Å². The first-order chi connectivity index (χ1) is 21.8. The fraction of sp³-hybridized carbons (Fsp3) is 0.667. The topological polar surface area (TPSA) is 122 Å². The van der Waals surface area contributed by atoms with Gasteiger partial charge >= 0.3 is 0 Å². The van der Waals surface area contributed by atoms with Gasteiger partial charge in [-0.05, 0) is 48.1 Å². The Morgan fingerprint density at radius 1 is 1.13 bits per heavy atom. The minimum absolute atomic E-state index is 0.0128. The molecule has 1 aromatic rings. The zero-order valence-corrected chi connectivity index (χ0v) is 29.5. The number of oxime groups is 1. The molecule has 258 valence electrons. The van der Waals surface area contributed by atoms with E-state index in [9.17, 15) is 28.4 Å². The van der Waals surface area contributed by atoms with E-state index in [0.29, 0.717) is 24.1 Å². The summed E-state index contributed by atoms with van der Waals surface area (Å²) in [6.07, 6.45) is 3.46. The molecule has 1 saturated heterocycles. The first-order valence-electron chi connectivity index (χ1n) is 16.7. The van der Waals surface area contributed by atoms with E-state index in [1.54, 1.807) is 6.07 Å². The van der Waals surface area contributed by atoms with Crippen LogP contribution in [0.3, 0.4) is 0 Å². The highest BCUT2D eigenvalue weighted by Gasteiger charge is 2.55. The molecule has 3 aliphatic rings. The summed E-state index contributed by atoms with van der Waals surface area (Å²) in [5.74, 6) is -3.08. The molecule has 2 aliphatic heterocycles. The molecule has 2 fully saturated rings. The maximum Gasteiger partial charge on any atom is 0.246 e. The van der Waals surface area contributed by atoms with Crippen molar-refractivity contribution in [2.75, 3.05) is 6.54 Å². The Bertz CT molecular complexity index is 1440. The summed E-state index contributed by atoms with van der Waals surface area (Å²) < 4.78 is 13.9. The smallest absolute Gasteiger partial charge is 0.246 e. The highest BCUT2D eigenvalue weighted by atomic mass is 35.5. The van der Waals surface area contributed by atoms with E-state index < -0.39 is 52.3 Å². The molecule has 2 amide bonds. The number of likely N-dealkylation sites (tertiary alicyclic amines) is 1. The first kappa shape index (κ1) is 36.7. The van der Waals surface area contributed by atoms with Crippen molar-refractivity contribution in [3.8, 4) is 0 Å². The van der Waals surface area contributed by atoms with Gasteiger partial charge in [-0.1, -0.05) is 77.7 Å². The normalized spacial score (nSPS) is 22.4. The van der Waals surface area contributed by atoms with Gasteiger partial charge in [0.15, 0.2) is 17.2 Å². The summed E-state index contributed by atoms with van der Waals surface area (Å²) in [4.78, 5) is 75.2. The van der Waals surface area contributed by atoms with Crippen molar-refractivity contribution in [3.05, 3.63) is 34.6 Å². The number of benzene rings is 1. The number of rotatable bonds is 13. The van der Waals surface area contributed by atoms with Crippen LogP contribution in [0.1, 0.15) is 112 Å². The Morgan fingerprint density at radius 3 is 2.38 bits per heavy atom. The number of halogens is 2. The predicted molar refractivity (Wildman–Crippen MR) is 177 cm³/mol. The summed E-state index contributed by atoms with van der Waals surface area (Å²) in [7, 11) is 0. The highest BCUT2D eigenvalue weighted by Crippen LogP contribution is 2.41. The summed E-state index contributed by atoms with van der Waals surface area (Å²) in [6.45, 7) is 13.3. The van der Waals surface area contributed by atoms with Crippen molar-refractivity contribution in [3.63, 3.8) is 0 Å². The Balaban J connectivity index is 1.62. The van der Waals surface area contributed by atoms with Crippen LogP contribution >= 0.6 is 11.6 Å². The van der Waals surface area contributed by atoms with Crippen molar-refractivity contribution in [1.82, 2.24) is 10.2 Å². The molecular weight excluding hydrogens is 625 g/mol. The fourth-order valence-corrected chi connectivity index (χ4v) is 6.67. The van der Waals surface area contributed by atoms with Crippen molar-refractivity contribution in [2.45, 2.75) is 124 Å². The molecule has 0 aromatic heterocycles. The molecule has 47 heavy (non-hydrogen) atoms. The number of carbonyl (C=O) groups is 5. The van der Waals surface area contributed by atoms with Gasteiger partial charge in [-0.3, -0.25) is 24.0 Å². The Morgan fingerprint density at radius 2 is 1.81 bits per heavy atom. The lowest BCUT2D eigenvalue weighted by Gasteiger charge is -2.36. The number of Topliss-reactive ketones (excluding diaryl/α,β-unsaturated/α-hetero) is 3. The maximum atomic E-state index is 14.4. The third-order valence-corrected chi connectivity index (χ3v) is 9.45. The molecule has 0 unspecified atom stereocenters. The van der Waals surface area contributed by atoms with E-state index in [-0.39, 0.29) is 66.7 Å². The van der Waals surface area contributed by atoms with E-state index >= 15 is 0 Å². The molecule has 1 aliphatic carbocycles. The van der Waals surface area contributed by atoms with Gasteiger partial charge in [-0.15, -0.1) is 0 Å². The van der Waals surface area contributed by atoms with Crippen molar-refractivity contribution in [1.29, 1.82) is 0 Å². The number of amides is 2. The minimum Gasteiger partial charge on any atom is -0.387 e. The van der Waals surface area contributed by atoms with Crippen LogP contribution in [0.25, 0.3) is 0 Å². The monoisotopic (exact) mass is 673 g/mol. The van der Waals surface area contributed by atoms with Gasteiger partial charge in [0.25, 0.3) is 0 Å². The molecule has 4 atom stereocenters. The minimum atomic E-state index is -1.06. The molecular formula is C36H49ClFN3O6. The van der Waals surface area contributed by atoms with Gasteiger partial charge in [0, 0.05) is 43.6 Å². The predicted octanol–water partition coefficient (Wildman–Crippen LogP) is 6.22. The van der Waals surface area contributed by atoms with Crippen LogP contribution in [0.5, 0.6) is 0 Å². The van der Waals surface area contributed by atoms with Gasteiger partial charge < -0.3 is 15.1 Å². The van der Waals surface area contributed by atoms with Crippen LogP contribution in [-0.4, -0.2) is 64.0 Å². The van der Waals surface area contributed by atoms with Crippen molar-refractivity contribution >= 4 is 46.5 Å². The molecule has 0 bridgehead atoms. The van der Waals surface area contributed by atoms with E-state index in [2.05, 4.69) is 10.5 Å². The average Bonchev–Trinajstić information content (AvgIpc) is 3.56. The third-order valence-electron chi connectivity index (χ3n) is 9.16. The van der Waals surface area contributed by atoms with Gasteiger partial charge in [0.05, 0.1) is 23.3 Å². The lowest BCUT2D eigenvalue weighted by atomic mass is 9.84. The van der Waals surface area contributed by atoms with E-state index in [1.807, 2.05) is 48.5 Å². The zero-order chi connectivity index (χ0) is 34.9. The van der Waals surface area contributed by atoms with Crippen LogP contribution in [0, 0.1) is 28.5 Å². The number of ketones is 3. The van der Waals surface area contributed by atoms with Gasteiger partial charge in [0.1, 0.15) is 11.9 Å². The second-order valence-corrected chi connectivity index (χ2v) is 16.4. The maximum absolute atomic E-state index is 14.4. The molecule has 1 saturated carbocycles. The number of hydrogen-bond donors (Lipinski definition) is 1. The first-order valence-corrected chi connectivity index (χ1v) is 17.1. The van der Waals surface area contributed by atoms with Crippen LogP contribution in [0.4, 0.5) is 4.39 Å². The molecule has 4 rings (SSSR count). The lowest BCUT2D eigenvalue weighted by molar-refractivity contribution is -0.145. The summed E-state index contributed by atoms with van der Waals surface area (Å²) in [5.41, 5.74) is -1.00. The van der Waals surface area contributed by atoms with E-state index in [0.717, 1.165) is 12.8 Å². The second-order valence-electron chi connectivity index (χ2n) is 16.0. The standard InChI is InChI=1S/C36H49ClFN3O6/c1-8-9-23(31(45)29(43)14-21-10-11-21)16-28(42)27-18-36(17-26(40-47-36)22-12-13-25(38)24(37)15-22)20-41(27)33(46)32(35(5,6)7)39-30(44)19-34(2,3)4/h12-13,15,21,23,27,32H,8-11,14,16-20H2,1-7H3,(H,39,44)/t23-,27+,32-,36-/m1/s1. The summed E-state index contributed by atoms with van der Waals surface area (Å²) in [5, 5.41) is 7.14. The third kappa shape index (κ3) is 9.27. The molecule has 1 spiro atoms. The number of carbonyl (C=O) groups excluding carboxylic acids is 5. The van der Waals surface area contributed by atoms with Crippen LogP contribution < -0.4 is 5.32 Å². The van der Waals surface area contributed by atoms with E-state index in [4.69, 9.17) is 16.4 Å². The van der Waals surface area contributed by atoms with E-state index in [1.165, 1.54) is 17.0 Å². The molecule has 1 aromatic carbocycles. The van der Waals surface area contributed by atoms with Crippen LogP contribution in [0.15, 0.2) is 23.4 Å². The van der Waals surface area contributed by atoms with Gasteiger partial charge in [-0.25, -0.2) is 4.39 Å². The fourth-order valence-electron chi connectivity index (χ4n) is 6.49. The SMILES string of the molecule is CCC[C@H](CC(=O)[C@@H]1C[C@]2(CC(c3ccc(F)c(Cl)c3)=NO2)CN1C(=O)[C@@H](NC(=O)CC(C)(C)C)C(C)(C)C)C(=O)C(=O)CC1CC1. The zero-order valence-electron chi connectivity index (χ0n) is 28.7. The van der Waals surface area contributed by atoms with Crippen LogP contribution in [-0.2, 0) is 28.8 Å². The lowest BCUT2D eigenvalue weighted by Crippen LogP contribution is -2.57. The number of hydrogen-bond acceptors (Lipinski definition) is 7. The second kappa shape index (κ2) is 14.1. The van der Waals surface area contributed by atoms with Gasteiger partial charge in [-0.2, -0.15) is 0 Å². The Hall–Kier alpha value is -3.14. The van der Waals surface area contributed by atoms with Crippen molar-refractivity contribution in [2.24, 2.45) is 27.8 Å². The van der Waals surface area contributed by atoms with Crippen LogP contribution in [0.2, 0.25) is 5.02 Å². The molecule has 11 heteroatoms. The summed E-state index contributed by atoms with van der Waals surface area (Å²) in [6, 6.07) is 2.32. The highest BCUT2D eigenvalue weighted by molar-refractivity contribution is 6.38. The number of nitrogens with zero attached hydrogens (tertiary/aromatic N) is 2. The molecule has 2 heterocycles. The number of nitrogens with one attached hydrogen (secondary N) is 1. The quantitative estimate of drug-likeness (QED) is 0.248.